The summed E-state index contributed by atoms with van der Waals surface area (Å²) in [6.45, 7) is 0. The van der Waals surface area contributed by atoms with Gasteiger partial charge in [-0.25, -0.2) is 9.37 Å². The molecule has 0 spiro atoms. The van der Waals surface area contributed by atoms with Crippen LogP contribution in [0.5, 0.6) is 5.75 Å². The predicted octanol–water partition coefficient (Wildman–Crippen LogP) is 3.21. The van der Waals surface area contributed by atoms with E-state index in [9.17, 15) is 4.39 Å². The van der Waals surface area contributed by atoms with Crippen LogP contribution < -0.4 is 10.5 Å². The molecular formula is C16H20FN3O. The number of halogens is 1. The molecule has 1 saturated carbocycles. The number of hydrogen-bond acceptors (Lipinski definition) is 3. The number of H-pyrrole nitrogens is 1. The van der Waals surface area contributed by atoms with Gasteiger partial charge in [0.15, 0.2) is 0 Å². The van der Waals surface area contributed by atoms with Gasteiger partial charge < -0.3 is 15.5 Å². The van der Waals surface area contributed by atoms with Gasteiger partial charge in [-0.1, -0.05) is 12.5 Å². The first kappa shape index (κ1) is 14.1. The van der Waals surface area contributed by atoms with Crippen molar-refractivity contribution < 1.29 is 9.13 Å². The second kappa shape index (κ2) is 5.85. The van der Waals surface area contributed by atoms with E-state index in [0.29, 0.717) is 22.9 Å². The number of aromatic nitrogens is 2. The summed E-state index contributed by atoms with van der Waals surface area (Å²) < 4.78 is 19.3. The Kier molecular flexibility index (Phi) is 3.92. The van der Waals surface area contributed by atoms with Crippen molar-refractivity contribution in [1.82, 2.24) is 9.97 Å². The minimum atomic E-state index is -0.315. The summed E-state index contributed by atoms with van der Waals surface area (Å²) in [6, 6.07) is 5.04. The Morgan fingerprint density at radius 3 is 3.00 bits per heavy atom. The van der Waals surface area contributed by atoms with Crippen molar-refractivity contribution in [2.75, 3.05) is 7.11 Å². The molecular weight excluding hydrogens is 269 g/mol. The standard InChI is InChI=1S/C16H20FN3O/c1-21-14-7-3-6-12(17)15(14)13-9-19-16(20-13)10-4-2-5-11(18)8-10/h3,6-7,9-11H,2,4-5,8,18H2,1H3,(H,19,20). The van der Waals surface area contributed by atoms with Crippen LogP contribution in [0.3, 0.4) is 0 Å². The van der Waals surface area contributed by atoms with Crippen LogP contribution in [-0.4, -0.2) is 23.1 Å². The van der Waals surface area contributed by atoms with Gasteiger partial charge in [-0.15, -0.1) is 0 Å². The van der Waals surface area contributed by atoms with E-state index in [1.54, 1.807) is 18.3 Å². The van der Waals surface area contributed by atoms with Gasteiger partial charge in [-0.3, -0.25) is 0 Å². The zero-order chi connectivity index (χ0) is 14.8. The number of nitrogens with zero attached hydrogens (tertiary/aromatic N) is 1. The number of aromatic amines is 1. The summed E-state index contributed by atoms with van der Waals surface area (Å²) >= 11 is 0. The van der Waals surface area contributed by atoms with E-state index < -0.39 is 0 Å². The molecule has 1 aliphatic carbocycles. The molecule has 4 nitrogen and oxygen atoms in total. The summed E-state index contributed by atoms with van der Waals surface area (Å²) in [6.07, 6.45) is 5.88. The molecule has 1 aromatic carbocycles. The minimum Gasteiger partial charge on any atom is -0.496 e. The Balaban J connectivity index is 1.92. The van der Waals surface area contributed by atoms with Crippen molar-refractivity contribution in [2.45, 2.75) is 37.6 Å². The third-order valence-corrected chi connectivity index (χ3v) is 4.16. The second-order valence-electron chi connectivity index (χ2n) is 5.62. The average molecular weight is 289 g/mol. The van der Waals surface area contributed by atoms with Crippen LogP contribution in [0.1, 0.15) is 37.4 Å². The first-order valence-electron chi connectivity index (χ1n) is 7.32. The molecule has 5 heteroatoms. The normalized spacial score (nSPS) is 22.2. The van der Waals surface area contributed by atoms with Crippen molar-refractivity contribution in [3.8, 4) is 17.0 Å². The van der Waals surface area contributed by atoms with E-state index in [0.717, 1.165) is 31.5 Å². The smallest absolute Gasteiger partial charge is 0.136 e. The van der Waals surface area contributed by atoms with Crippen molar-refractivity contribution in [3.63, 3.8) is 0 Å². The second-order valence-corrected chi connectivity index (χ2v) is 5.62. The van der Waals surface area contributed by atoms with E-state index in [2.05, 4.69) is 9.97 Å². The summed E-state index contributed by atoms with van der Waals surface area (Å²) in [5.41, 5.74) is 7.11. The maximum absolute atomic E-state index is 14.1. The minimum absolute atomic E-state index is 0.236. The van der Waals surface area contributed by atoms with Gasteiger partial charge in [-0.2, -0.15) is 0 Å². The van der Waals surface area contributed by atoms with Gasteiger partial charge in [-0.05, 0) is 31.4 Å². The highest BCUT2D eigenvalue weighted by Gasteiger charge is 2.24. The summed E-state index contributed by atoms with van der Waals surface area (Å²) in [7, 11) is 1.54. The largest absolute Gasteiger partial charge is 0.496 e. The molecule has 0 radical (unpaired) electrons. The third kappa shape index (κ3) is 2.78. The SMILES string of the molecule is COc1cccc(F)c1-c1cnc(C2CCCC(N)C2)[nH]1. The third-order valence-electron chi connectivity index (χ3n) is 4.16. The Morgan fingerprint density at radius 1 is 1.38 bits per heavy atom. The van der Waals surface area contributed by atoms with E-state index in [-0.39, 0.29) is 11.9 Å². The molecule has 3 rings (SSSR count). The summed E-state index contributed by atoms with van der Waals surface area (Å²) in [5.74, 6) is 1.42. The zero-order valence-electron chi connectivity index (χ0n) is 12.1. The highest BCUT2D eigenvalue weighted by Crippen LogP contribution is 2.35. The van der Waals surface area contributed by atoms with Crippen LogP contribution >= 0.6 is 0 Å². The van der Waals surface area contributed by atoms with Gasteiger partial charge in [0.05, 0.1) is 24.6 Å². The van der Waals surface area contributed by atoms with Crippen LogP contribution in [0.15, 0.2) is 24.4 Å². The molecule has 0 saturated heterocycles. The Hall–Kier alpha value is -1.88. The number of benzene rings is 1. The monoisotopic (exact) mass is 289 g/mol. The molecule has 1 fully saturated rings. The number of imidazole rings is 1. The first-order chi connectivity index (χ1) is 10.2. The molecule has 2 unspecified atom stereocenters. The van der Waals surface area contributed by atoms with Crippen molar-refractivity contribution in [3.05, 3.63) is 36.0 Å². The van der Waals surface area contributed by atoms with E-state index in [1.165, 1.54) is 13.2 Å². The van der Waals surface area contributed by atoms with Crippen LogP contribution in [0, 0.1) is 5.82 Å². The fraction of sp³-hybridized carbons (Fsp3) is 0.438. The quantitative estimate of drug-likeness (QED) is 0.912. The Bertz CT molecular complexity index is 626. The van der Waals surface area contributed by atoms with Crippen molar-refractivity contribution in [1.29, 1.82) is 0 Å². The average Bonchev–Trinajstić information content (AvgIpc) is 2.96. The summed E-state index contributed by atoms with van der Waals surface area (Å²) in [4.78, 5) is 7.68. The highest BCUT2D eigenvalue weighted by molar-refractivity contribution is 5.67. The molecule has 1 aromatic heterocycles. The molecule has 2 aromatic rings. The molecule has 1 heterocycles. The number of nitrogens with two attached hydrogens (primary N) is 1. The van der Waals surface area contributed by atoms with E-state index in [1.807, 2.05) is 0 Å². The Labute approximate surface area is 123 Å². The molecule has 0 aliphatic heterocycles. The lowest BCUT2D eigenvalue weighted by molar-refractivity contribution is 0.383. The molecule has 21 heavy (non-hydrogen) atoms. The van der Waals surface area contributed by atoms with Crippen LogP contribution in [0.2, 0.25) is 0 Å². The van der Waals surface area contributed by atoms with Crippen LogP contribution in [0.4, 0.5) is 4.39 Å². The number of hydrogen-bond donors (Lipinski definition) is 2. The molecule has 1 aliphatic rings. The maximum Gasteiger partial charge on any atom is 0.136 e. The molecule has 0 amide bonds. The lowest BCUT2D eigenvalue weighted by atomic mass is 9.86. The highest BCUT2D eigenvalue weighted by atomic mass is 19.1. The van der Waals surface area contributed by atoms with Crippen molar-refractivity contribution >= 4 is 0 Å². The predicted molar refractivity (Wildman–Crippen MR) is 79.7 cm³/mol. The molecule has 0 bridgehead atoms. The van der Waals surface area contributed by atoms with Gasteiger partial charge in [0, 0.05) is 12.0 Å². The summed E-state index contributed by atoms with van der Waals surface area (Å²) in [5, 5.41) is 0. The van der Waals surface area contributed by atoms with Gasteiger partial charge in [0.25, 0.3) is 0 Å². The van der Waals surface area contributed by atoms with E-state index >= 15 is 0 Å². The van der Waals surface area contributed by atoms with Gasteiger partial charge in [0.1, 0.15) is 17.4 Å². The Morgan fingerprint density at radius 2 is 2.24 bits per heavy atom. The lowest BCUT2D eigenvalue weighted by Crippen LogP contribution is -2.27. The first-order valence-corrected chi connectivity index (χ1v) is 7.32. The number of ether oxygens (including phenoxy) is 1. The van der Waals surface area contributed by atoms with Crippen LogP contribution in [0.25, 0.3) is 11.3 Å². The fourth-order valence-corrected chi connectivity index (χ4v) is 3.08. The number of methoxy groups -OCH3 is 1. The topological polar surface area (TPSA) is 63.9 Å². The fourth-order valence-electron chi connectivity index (χ4n) is 3.08. The number of rotatable bonds is 3. The number of nitrogens with one attached hydrogen (secondary N) is 1. The molecule has 2 atom stereocenters. The van der Waals surface area contributed by atoms with Gasteiger partial charge in [0.2, 0.25) is 0 Å². The maximum atomic E-state index is 14.1. The molecule has 3 N–H and O–H groups in total. The van der Waals surface area contributed by atoms with Gasteiger partial charge >= 0.3 is 0 Å². The van der Waals surface area contributed by atoms with E-state index in [4.69, 9.17) is 10.5 Å². The molecule has 112 valence electrons. The lowest BCUT2D eigenvalue weighted by Gasteiger charge is -2.24. The van der Waals surface area contributed by atoms with Crippen LogP contribution in [-0.2, 0) is 0 Å². The zero-order valence-corrected chi connectivity index (χ0v) is 12.1. The van der Waals surface area contributed by atoms with Crippen molar-refractivity contribution in [2.24, 2.45) is 5.73 Å².